The quantitative estimate of drug-likeness (QED) is 0.886. The molecule has 5 nitrogen and oxygen atoms in total. The summed E-state index contributed by atoms with van der Waals surface area (Å²) < 4.78 is 1.64. The van der Waals surface area contributed by atoms with Crippen LogP contribution in [0.15, 0.2) is 6.33 Å². The molecule has 116 valence electrons. The number of nitrogens with zero attached hydrogens (tertiary/aromatic N) is 4. The van der Waals surface area contributed by atoms with Gasteiger partial charge in [0.15, 0.2) is 0 Å². The van der Waals surface area contributed by atoms with Gasteiger partial charge in [0.25, 0.3) is 5.78 Å². The molecular weight excluding hydrogens is 262 g/mol. The fourth-order valence-electron chi connectivity index (χ4n) is 3.18. The van der Waals surface area contributed by atoms with Crippen molar-refractivity contribution in [2.24, 2.45) is 11.3 Å². The van der Waals surface area contributed by atoms with E-state index in [0.717, 1.165) is 30.5 Å². The zero-order chi connectivity index (χ0) is 15.6. The number of nitrogen functional groups attached to an aromatic ring is 1. The highest BCUT2D eigenvalue weighted by Gasteiger charge is 2.21. The first-order chi connectivity index (χ1) is 9.84. The Morgan fingerprint density at radius 3 is 2.67 bits per heavy atom. The summed E-state index contributed by atoms with van der Waals surface area (Å²) >= 11 is 0. The molecule has 5 heteroatoms. The van der Waals surface area contributed by atoms with Gasteiger partial charge in [0, 0.05) is 5.56 Å². The summed E-state index contributed by atoms with van der Waals surface area (Å²) in [6.07, 6.45) is 5.63. The molecule has 0 saturated heterocycles. The lowest BCUT2D eigenvalue weighted by Gasteiger charge is -2.27. The Morgan fingerprint density at radius 1 is 1.33 bits per heavy atom. The summed E-state index contributed by atoms with van der Waals surface area (Å²) in [4.78, 5) is 8.72. The van der Waals surface area contributed by atoms with Crippen molar-refractivity contribution in [1.29, 1.82) is 0 Å². The number of aromatic nitrogens is 4. The topological polar surface area (TPSA) is 69.1 Å². The van der Waals surface area contributed by atoms with Gasteiger partial charge in [-0.05, 0) is 37.0 Å². The molecule has 0 bridgehead atoms. The summed E-state index contributed by atoms with van der Waals surface area (Å²) in [5.41, 5.74) is 8.78. The first-order valence-electron chi connectivity index (χ1n) is 7.81. The molecule has 2 N–H and O–H groups in total. The third-order valence-corrected chi connectivity index (χ3v) is 4.00. The van der Waals surface area contributed by atoms with Crippen molar-refractivity contribution in [3.63, 3.8) is 0 Å². The number of hydrogen-bond acceptors (Lipinski definition) is 4. The van der Waals surface area contributed by atoms with E-state index in [9.17, 15) is 0 Å². The monoisotopic (exact) mass is 289 g/mol. The fraction of sp³-hybridized carbons (Fsp3) is 0.688. The summed E-state index contributed by atoms with van der Waals surface area (Å²) in [5, 5.41) is 4.17. The molecule has 0 unspecified atom stereocenters. The van der Waals surface area contributed by atoms with Crippen LogP contribution in [-0.4, -0.2) is 19.6 Å². The molecule has 0 radical (unpaired) electrons. The van der Waals surface area contributed by atoms with Gasteiger partial charge in [0.1, 0.15) is 12.1 Å². The van der Waals surface area contributed by atoms with Crippen LogP contribution in [0.25, 0.3) is 5.78 Å². The van der Waals surface area contributed by atoms with E-state index >= 15 is 0 Å². The zero-order valence-electron chi connectivity index (χ0n) is 13.8. The predicted octanol–water partition coefficient (Wildman–Crippen LogP) is 3.27. The number of rotatable bonds is 6. The van der Waals surface area contributed by atoms with Gasteiger partial charge < -0.3 is 5.73 Å². The van der Waals surface area contributed by atoms with Crippen LogP contribution >= 0.6 is 0 Å². The molecule has 0 amide bonds. The third kappa shape index (κ3) is 3.52. The molecule has 0 aliphatic carbocycles. The largest absolute Gasteiger partial charge is 0.383 e. The van der Waals surface area contributed by atoms with Crippen molar-refractivity contribution in [2.75, 3.05) is 5.73 Å². The van der Waals surface area contributed by atoms with Gasteiger partial charge in [-0.3, -0.25) is 0 Å². The van der Waals surface area contributed by atoms with Crippen LogP contribution in [0.4, 0.5) is 5.82 Å². The van der Waals surface area contributed by atoms with Crippen LogP contribution in [0.3, 0.4) is 0 Å². The van der Waals surface area contributed by atoms with E-state index in [1.165, 1.54) is 12.7 Å². The summed E-state index contributed by atoms with van der Waals surface area (Å²) in [5.74, 6) is 1.99. The minimum atomic E-state index is 0.308. The van der Waals surface area contributed by atoms with Gasteiger partial charge in [0.05, 0.1) is 5.69 Å². The molecule has 2 heterocycles. The Morgan fingerprint density at radius 2 is 2.05 bits per heavy atom. The van der Waals surface area contributed by atoms with Crippen molar-refractivity contribution < 1.29 is 0 Å². The van der Waals surface area contributed by atoms with Gasteiger partial charge in [-0.15, -0.1) is 0 Å². The Bertz CT molecular complexity index is 612. The van der Waals surface area contributed by atoms with Crippen LogP contribution < -0.4 is 5.73 Å². The van der Waals surface area contributed by atoms with Gasteiger partial charge in [-0.25, -0.2) is 4.98 Å². The molecule has 21 heavy (non-hydrogen) atoms. The average molecular weight is 289 g/mol. The number of anilines is 1. The standard InChI is InChI=1S/C16H27N5/c1-6-13-12(7-8-16(4,5)9-11(2)3)14(17)21-15(20-13)18-10-19-21/h10-11H,6-9,17H2,1-5H3. The van der Waals surface area contributed by atoms with E-state index < -0.39 is 0 Å². The van der Waals surface area contributed by atoms with Gasteiger partial charge >= 0.3 is 0 Å². The minimum Gasteiger partial charge on any atom is -0.383 e. The number of hydrogen-bond donors (Lipinski definition) is 1. The van der Waals surface area contributed by atoms with E-state index in [0.29, 0.717) is 22.9 Å². The Labute approximate surface area is 127 Å². The second-order valence-electron chi connectivity index (χ2n) is 7.01. The minimum absolute atomic E-state index is 0.308. The molecule has 0 fully saturated rings. The number of nitrogens with two attached hydrogens (primary N) is 1. The molecular formula is C16H27N5. The first kappa shape index (κ1) is 15.7. The molecule has 0 aliphatic rings. The summed E-state index contributed by atoms with van der Waals surface area (Å²) in [6.45, 7) is 11.3. The molecule has 0 aromatic carbocycles. The number of aryl methyl sites for hydroxylation is 1. The van der Waals surface area contributed by atoms with Crippen molar-refractivity contribution in [2.45, 2.75) is 60.3 Å². The van der Waals surface area contributed by atoms with Crippen LogP contribution in [0.2, 0.25) is 0 Å². The van der Waals surface area contributed by atoms with Crippen molar-refractivity contribution in [3.05, 3.63) is 17.6 Å². The smallest absolute Gasteiger partial charge is 0.254 e. The predicted molar refractivity (Wildman–Crippen MR) is 86.1 cm³/mol. The zero-order valence-corrected chi connectivity index (χ0v) is 13.8. The highest BCUT2D eigenvalue weighted by molar-refractivity contribution is 5.49. The maximum Gasteiger partial charge on any atom is 0.254 e. The fourth-order valence-corrected chi connectivity index (χ4v) is 3.18. The van der Waals surface area contributed by atoms with E-state index in [2.05, 4.69) is 49.7 Å². The molecule has 2 aromatic heterocycles. The lowest BCUT2D eigenvalue weighted by molar-refractivity contribution is 0.266. The molecule has 2 rings (SSSR count). The van der Waals surface area contributed by atoms with Crippen LogP contribution in [0.1, 0.15) is 58.7 Å². The van der Waals surface area contributed by atoms with Crippen molar-refractivity contribution in [1.82, 2.24) is 19.6 Å². The third-order valence-electron chi connectivity index (χ3n) is 4.00. The molecule has 2 aromatic rings. The molecule has 0 aliphatic heterocycles. The molecule has 0 saturated carbocycles. The van der Waals surface area contributed by atoms with E-state index in [4.69, 9.17) is 5.73 Å². The van der Waals surface area contributed by atoms with Crippen LogP contribution in [-0.2, 0) is 12.8 Å². The molecule has 0 atom stereocenters. The highest BCUT2D eigenvalue weighted by Crippen LogP contribution is 2.32. The van der Waals surface area contributed by atoms with Crippen LogP contribution in [0.5, 0.6) is 0 Å². The van der Waals surface area contributed by atoms with E-state index in [-0.39, 0.29) is 0 Å². The Kier molecular flexibility index (Phi) is 4.49. The second kappa shape index (κ2) is 6.00. The number of fused-ring (bicyclic) bond motifs is 1. The van der Waals surface area contributed by atoms with E-state index in [1.54, 1.807) is 4.52 Å². The summed E-state index contributed by atoms with van der Waals surface area (Å²) in [6, 6.07) is 0. The normalized spacial score (nSPS) is 12.5. The van der Waals surface area contributed by atoms with Gasteiger partial charge in [-0.2, -0.15) is 14.6 Å². The SMILES string of the molecule is CCc1nc2ncnn2c(N)c1CCC(C)(C)CC(C)C. The first-order valence-corrected chi connectivity index (χ1v) is 7.81. The van der Waals surface area contributed by atoms with Crippen molar-refractivity contribution >= 4 is 11.6 Å². The maximum absolute atomic E-state index is 6.29. The molecule has 0 spiro atoms. The Hall–Kier alpha value is -1.65. The maximum atomic E-state index is 6.29. The average Bonchev–Trinajstić information content (AvgIpc) is 2.84. The lowest BCUT2D eigenvalue weighted by atomic mass is 9.79. The van der Waals surface area contributed by atoms with Gasteiger partial charge in [-0.1, -0.05) is 34.6 Å². The second-order valence-corrected chi connectivity index (χ2v) is 7.01. The van der Waals surface area contributed by atoms with Crippen molar-refractivity contribution in [3.8, 4) is 0 Å². The lowest BCUT2D eigenvalue weighted by Crippen LogP contribution is -2.17. The van der Waals surface area contributed by atoms with Gasteiger partial charge in [0.2, 0.25) is 0 Å². The van der Waals surface area contributed by atoms with E-state index in [1.807, 2.05) is 0 Å². The van der Waals surface area contributed by atoms with Crippen LogP contribution in [0, 0.1) is 11.3 Å². The summed E-state index contributed by atoms with van der Waals surface area (Å²) in [7, 11) is 0. The highest BCUT2D eigenvalue weighted by atomic mass is 15.3. The Balaban J connectivity index is 2.27.